The van der Waals surface area contributed by atoms with E-state index >= 15 is 0 Å². The Morgan fingerprint density at radius 2 is 1.22 bits per heavy atom. The van der Waals surface area contributed by atoms with Gasteiger partial charge in [-0.25, -0.2) is 14.4 Å². The minimum absolute atomic E-state index is 0.204. The number of halogens is 3. The van der Waals surface area contributed by atoms with Gasteiger partial charge in [-0.2, -0.15) is 13.2 Å². The monoisotopic (exact) mass is 642 g/mol. The second kappa shape index (κ2) is 18.1. The number of hydrogen-bond acceptors (Lipinski definition) is 9. The van der Waals surface area contributed by atoms with Gasteiger partial charge in [0.15, 0.2) is 0 Å². The molecular weight excluding hydrogens is 605 g/mol. The summed E-state index contributed by atoms with van der Waals surface area (Å²) in [4.78, 5) is 36.5. The number of hydrogen-bond donors (Lipinski definition) is 2. The molecular formula is C34H37F3N2O7. The third kappa shape index (κ3) is 13.7. The molecule has 0 spiro atoms. The maximum absolute atomic E-state index is 12.4. The highest BCUT2D eigenvalue weighted by Crippen LogP contribution is 2.21. The van der Waals surface area contributed by atoms with Gasteiger partial charge in [-0.1, -0.05) is 37.8 Å². The van der Waals surface area contributed by atoms with Gasteiger partial charge in [-0.3, -0.25) is 0 Å². The van der Waals surface area contributed by atoms with Crippen molar-refractivity contribution in [1.82, 2.24) is 0 Å². The maximum Gasteiger partial charge on any atom is 0.392 e. The average Bonchev–Trinajstić information content (AvgIpc) is 3.00. The van der Waals surface area contributed by atoms with Crippen molar-refractivity contribution in [2.45, 2.75) is 51.1 Å². The van der Waals surface area contributed by atoms with Crippen molar-refractivity contribution in [3.63, 3.8) is 0 Å². The molecule has 0 aliphatic rings. The van der Waals surface area contributed by atoms with Crippen LogP contribution >= 0.6 is 0 Å². The zero-order valence-corrected chi connectivity index (χ0v) is 25.2. The first-order chi connectivity index (χ1) is 22.0. The Balaban J connectivity index is 1.24. The molecule has 0 unspecified atom stereocenters. The van der Waals surface area contributed by atoms with E-state index in [2.05, 4.69) is 0 Å². The Labute approximate surface area is 265 Å². The number of ether oxygens (including phenoxy) is 4. The molecule has 0 atom stereocenters. The lowest BCUT2D eigenvalue weighted by molar-refractivity contribution is -0.140. The van der Waals surface area contributed by atoms with Gasteiger partial charge in [-0.05, 0) is 79.1 Å². The zero-order valence-electron chi connectivity index (χ0n) is 25.2. The lowest BCUT2D eigenvalue weighted by Gasteiger charge is -2.09. The SMILES string of the molecule is Nc1cc(N)cc(C(=O)OCCCCCCCCOC(=O)/C=C/c2ccc(OC(=O)c3ccc(OCCC(F)(F)F)cc3)cc2)c1. The van der Waals surface area contributed by atoms with Crippen molar-refractivity contribution < 1.29 is 46.5 Å². The van der Waals surface area contributed by atoms with Crippen LogP contribution in [0.4, 0.5) is 24.5 Å². The van der Waals surface area contributed by atoms with Gasteiger partial charge >= 0.3 is 24.1 Å². The largest absolute Gasteiger partial charge is 0.493 e. The summed E-state index contributed by atoms with van der Waals surface area (Å²) >= 11 is 0. The van der Waals surface area contributed by atoms with E-state index < -0.39 is 37.1 Å². The van der Waals surface area contributed by atoms with Crippen LogP contribution in [0.1, 0.15) is 71.2 Å². The Hall–Kier alpha value is -5.00. The normalized spacial score (nSPS) is 11.3. The minimum atomic E-state index is -4.30. The molecule has 0 fully saturated rings. The third-order valence-corrected chi connectivity index (χ3v) is 6.48. The van der Waals surface area contributed by atoms with Crippen LogP contribution in [0, 0.1) is 0 Å². The number of unbranched alkanes of at least 4 members (excludes halogenated alkanes) is 5. The van der Waals surface area contributed by atoms with Crippen LogP contribution in [0.3, 0.4) is 0 Å². The van der Waals surface area contributed by atoms with E-state index in [0.717, 1.165) is 38.5 Å². The summed E-state index contributed by atoms with van der Waals surface area (Å²) in [6.45, 7) is 0.109. The summed E-state index contributed by atoms with van der Waals surface area (Å²) in [6.07, 6.45) is 2.76. The number of alkyl halides is 3. The van der Waals surface area contributed by atoms with E-state index in [0.29, 0.717) is 35.7 Å². The van der Waals surface area contributed by atoms with Crippen molar-refractivity contribution in [2.75, 3.05) is 31.3 Å². The molecule has 12 heteroatoms. The van der Waals surface area contributed by atoms with Gasteiger partial charge in [0.2, 0.25) is 0 Å². The fourth-order valence-electron chi connectivity index (χ4n) is 4.12. The molecule has 0 saturated carbocycles. The summed E-state index contributed by atoms with van der Waals surface area (Å²) in [5.41, 5.74) is 13.4. The highest BCUT2D eigenvalue weighted by Gasteiger charge is 2.26. The van der Waals surface area contributed by atoms with Crippen LogP contribution in [0.15, 0.2) is 72.8 Å². The van der Waals surface area contributed by atoms with Crippen molar-refractivity contribution in [3.05, 3.63) is 89.5 Å². The van der Waals surface area contributed by atoms with Gasteiger partial charge in [0.1, 0.15) is 11.5 Å². The second-order valence-electron chi connectivity index (χ2n) is 10.3. The number of carbonyl (C=O) groups is 3. The molecule has 46 heavy (non-hydrogen) atoms. The Morgan fingerprint density at radius 3 is 1.83 bits per heavy atom. The molecule has 0 amide bonds. The standard InChI is InChI=1S/C34H37F3N2O7/c35-34(36,37)17-20-43-29-14-10-25(11-15-29)33(42)46-30-12-7-24(8-13-30)9-16-31(40)44-18-5-3-1-2-4-6-19-45-32(41)26-21-27(38)23-28(39)22-26/h7-16,21-23H,1-6,17-20,38-39H2/b16-9+. The van der Waals surface area contributed by atoms with Crippen molar-refractivity contribution in [1.29, 1.82) is 0 Å². The predicted octanol–water partition coefficient (Wildman–Crippen LogP) is 7.16. The summed E-state index contributed by atoms with van der Waals surface area (Å²) in [6, 6.07) is 16.7. The number of carbonyl (C=O) groups excluding carboxylic acids is 3. The van der Waals surface area contributed by atoms with E-state index in [1.807, 2.05) is 0 Å². The molecule has 4 N–H and O–H groups in total. The number of nitrogens with two attached hydrogens (primary N) is 2. The first-order valence-corrected chi connectivity index (χ1v) is 14.8. The van der Waals surface area contributed by atoms with Crippen LogP contribution in [0.5, 0.6) is 11.5 Å². The molecule has 0 aliphatic heterocycles. The highest BCUT2D eigenvalue weighted by molar-refractivity contribution is 5.92. The number of rotatable bonds is 17. The predicted molar refractivity (Wildman–Crippen MR) is 167 cm³/mol. The molecule has 0 aromatic heterocycles. The summed E-state index contributed by atoms with van der Waals surface area (Å²) in [5.74, 6) is -1.07. The van der Waals surface area contributed by atoms with Gasteiger partial charge < -0.3 is 30.4 Å². The third-order valence-electron chi connectivity index (χ3n) is 6.48. The highest BCUT2D eigenvalue weighted by atomic mass is 19.4. The van der Waals surface area contributed by atoms with E-state index in [9.17, 15) is 27.6 Å². The average molecular weight is 643 g/mol. The van der Waals surface area contributed by atoms with E-state index in [1.165, 1.54) is 42.5 Å². The topological polar surface area (TPSA) is 140 Å². The van der Waals surface area contributed by atoms with E-state index in [1.54, 1.807) is 36.4 Å². The fourth-order valence-corrected chi connectivity index (χ4v) is 4.12. The lowest BCUT2D eigenvalue weighted by Crippen LogP contribution is -2.13. The molecule has 0 heterocycles. The Kier molecular flexibility index (Phi) is 13.9. The number of nitrogen functional groups attached to an aromatic ring is 2. The quantitative estimate of drug-likeness (QED) is 0.0516. The van der Waals surface area contributed by atoms with Crippen LogP contribution in [0.25, 0.3) is 6.08 Å². The van der Waals surface area contributed by atoms with Gasteiger partial charge in [0.25, 0.3) is 0 Å². The van der Waals surface area contributed by atoms with Crippen LogP contribution < -0.4 is 20.9 Å². The summed E-state index contributed by atoms with van der Waals surface area (Å²) < 4.78 is 57.5. The maximum atomic E-state index is 12.4. The zero-order chi connectivity index (χ0) is 33.4. The Morgan fingerprint density at radius 1 is 0.652 bits per heavy atom. The molecule has 3 aromatic carbocycles. The van der Waals surface area contributed by atoms with Gasteiger partial charge in [-0.15, -0.1) is 0 Å². The molecule has 0 radical (unpaired) electrons. The van der Waals surface area contributed by atoms with E-state index in [-0.39, 0.29) is 17.1 Å². The molecule has 3 aromatic rings. The second-order valence-corrected chi connectivity index (χ2v) is 10.3. The lowest BCUT2D eigenvalue weighted by atomic mass is 10.1. The first-order valence-electron chi connectivity index (χ1n) is 14.8. The van der Waals surface area contributed by atoms with Crippen molar-refractivity contribution in [3.8, 4) is 11.5 Å². The number of esters is 3. The van der Waals surface area contributed by atoms with Crippen LogP contribution in [0.2, 0.25) is 0 Å². The Bertz CT molecular complexity index is 1440. The van der Waals surface area contributed by atoms with Crippen LogP contribution in [-0.2, 0) is 14.3 Å². The summed E-state index contributed by atoms with van der Waals surface area (Å²) in [7, 11) is 0. The molecule has 0 aliphatic carbocycles. The number of anilines is 2. The van der Waals surface area contributed by atoms with Crippen molar-refractivity contribution >= 4 is 35.4 Å². The fraction of sp³-hybridized carbons (Fsp3) is 0.324. The smallest absolute Gasteiger partial charge is 0.392 e. The minimum Gasteiger partial charge on any atom is -0.493 e. The summed E-state index contributed by atoms with van der Waals surface area (Å²) in [5, 5.41) is 0. The van der Waals surface area contributed by atoms with Gasteiger partial charge in [0, 0.05) is 17.5 Å². The molecule has 9 nitrogen and oxygen atoms in total. The molecule has 0 bridgehead atoms. The number of benzene rings is 3. The molecule has 246 valence electrons. The van der Waals surface area contributed by atoms with Crippen molar-refractivity contribution in [2.24, 2.45) is 0 Å². The van der Waals surface area contributed by atoms with Crippen LogP contribution in [-0.4, -0.2) is 43.9 Å². The molecule has 3 rings (SSSR count). The van der Waals surface area contributed by atoms with E-state index in [4.69, 9.17) is 30.4 Å². The molecule has 0 saturated heterocycles. The van der Waals surface area contributed by atoms with Gasteiger partial charge in [0.05, 0.1) is 37.4 Å². The first kappa shape index (κ1) is 35.5.